The Morgan fingerprint density at radius 1 is 1.42 bits per heavy atom. The van der Waals surface area contributed by atoms with Crippen molar-refractivity contribution in [3.63, 3.8) is 0 Å². The Bertz CT molecular complexity index is 320. The third-order valence-electron chi connectivity index (χ3n) is 3.42. The summed E-state index contributed by atoms with van der Waals surface area (Å²) in [6.07, 6.45) is 2.00. The molecule has 1 aliphatic heterocycles. The third-order valence-corrected chi connectivity index (χ3v) is 3.42. The summed E-state index contributed by atoms with van der Waals surface area (Å²) >= 11 is 0. The SMILES string of the molecule is CC(C)CCCNC(=O)N(C)C1COCC1C(=O)O. The van der Waals surface area contributed by atoms with E-state index in [9.17, 15) is 9.59 Å². The first kappa shape index (κ1) is 15.8. The average molecular weight is 272 g/mol. The number of carboxylic acids is 1. The Labute approximate surface area is 114 Å². The molecule has 1 saturated heterocycles. The van der Waals surface area contributed by atoms with Gasteiger partial charge < -0.3 is 20.1 Å². The number of carboxylic acid groups (broad SMARTS) is 1. The van der Waals surface area contributed by atoms with Crippen molar-refractivity contribution in [2.24, 2.45) is 11.8 Å². The summed E-state index contributed by atoms with van der Waals surface area (Å²) < 4.78 is 5.16. The molecule has 6 nitrogen and oxygen atoms in total. The second kappa shape index (κ2) is 7.33. The highest BCUT2D eigenvalue weighted by Gasteiger charge is 2.38. The highest BCUT2D eigenvalue weighted by atomic mass is 16.5. The Balaban J connectivity index is 2.37. The molecule has 2 amide bonds. The number of aliphatic carboxylic acids is 1. The maximum absolute atomic E-state index is 11.9. The Morgan fingerprint density at radius 3 is 2.68 bits per heavy atom. The van der Waals surface area contributed by atoms with Crippen molar-refractivity contribution in [3.05, 3.63) is 0 Å². The van der Waals surface area contributed by atoms with E-state index in [0.29, 0.717) is 12.5 Å². The van der Waals surface area contributed by atoms with Crippen molar-refractivity contribution in [1.29, 1.82) is 0 Å². The zero-order valence-corrected chi connectivity index (χ0v) is 11.9. The summed E-state index contributed by atoms with van der Waals surface area (Å²) in [5.41, 5.74) is 0. The molecule has 2 atom stereocenters. The number of carbonyl (C=O) groups excluding carboxylic acids is 1. The molecule has 110 valence electrons. The summed E-state index contributed by atoms with van der Waals surface area (Å²) in [6.45, 7) is 5.35. The first-order valence-electron chi connectivity index (χ1n) is 6.74. The zero-order chi connectivity index (χ0) is 14.4. The standard InChI is InChI=1S/C13H24N2O4/c1-9(2)5-4-6-14-13(18)15(3)11-8-19-7-10(11)12(16)17/h9-11H,4-8H2,1-3H3,(H,14,18)(H,16,17). The third kappa shape index (κ3) is 4.70. The van der Waals surface area contributed by atoms with Gasteiger partial charge in [-0.15, -0.1) is 0 Å². The molecule has 0 aliphatic carbocycles. The second-order valence-electron chi connectivity index (χ2n) is 5.43. The predicted octanol–water partition coefficient (Wildman–Crippen LogP) is 1.16. The monoisotopic (exact) mass is 272 g/mol. The molecule has 1 heterocycles. The fourth-order valence-corrected chi connectivity index (χ4v) is 2.14. The Hall–Kier alpha value is -1.30. The van der Waals surface area contributed by atoms with Gasteiger partial charge in [0.05, 0.1) is 19.3 Å². The number of nitrogens with zero attached hydrogens (tertiary/aromatic N) is 1. The molecule has 0 saturated carbocycles. The van der Waals surface area contributed by atoms with Crippen LogP contribution in [0.5, 0.6) is 0 Å². The molecule has 19 heavy (non-hydrogen) atoms. The van der Waals surface area contributed by atoms with Crippen LogP contribution in [-0.2, 0) is 9.53 Å². The molecule has 1 fully saturated rings. The number of hydrogen-bond donors (Lipinski definition) is 2. The van der Waals surface area contributed by atoms with Crippen LogP contribution in [0.15, 0.2) is 0 Å². The smallest absolute Gasteiger partial charge is 0.317 e. The lowest BCUT2D eigenvalue weighted by molar-refractivity contribution is -0.142. The number of amides is 2. The minimum atomic E-state index is -0.915. The van der Waals surface area contributed by atoms with Crippen LogP contribution in [0.2, 0.25) is 0 Å². The summed E-state index contributed by atoms with van der Waals surface area (Å²) in [5, 5.41) is 11.9. The van der Waals surface area contributed by atoms with Gasteiger partial charge in [-0.05, 0) is 18.8 Å². The molecule has 0 aromatic heterocycles. The minimum Gasteiger partial charge on any atom is -0.481 e. The van der Waals surface area contributed by atoms with Crippen LogP contribution in [0.3, 0.4) is 0 Å². The lowest BCUT2D eigenvalue weighted by Crippen LogP contribution is -2.48. The van der Waals surface area contributed by atoms with E-state index in [1.165, 1.54) is 4.90 Å². The first-order chi connectivity index (χ1) is 8.93. The highest BCUT2D eigenvalue weighted by Crippen LogP contribution is 2.18. The molecular weight excluding hydrogens is 248 g/mol. The van der Waals surface area contributed by atoms with Crippen molar-refractivity contribution in [2.45, 2.75) is 32.7 Å². The van der Waals surface area contributed by atoms with Crippen molar-refractivity contribution < 1.29 is 19.4 Å². The van der Waals surface area contributed by atoms with Crippen LogP contribution in [0.25, 0.3) is 0 Å². The van der Waals surface area contributed by atoms with E-state index in [1.807, 2.05) is 0 Å². The quantitative estimate of drug-likeness (QED) is 0.711. The van der Waals surface area contributed by atoms with Gasteiger partial charge in [0.1, 0.15) is 5.92 Å². The van der Waals surface area contributed by atoms with Crippen LogP contribution in [0, 0.1) is 11.8 Å². The fourth-order valence-electron chi connectivity index (χ4n) is 2.14. The zero-order valence-electron chi connectivity index (χ0n) is 11.9. The van der Waals surface area contributed by atoms with Gasteiger partial charge in [0.25, 0.3) is 0 Å². The van der Waals surface area contributed by atoms with Gasteiger partial charge in [-0.1, -0.05) is 13.8 Å². The van der Waals surface area contributed by atoms with Gasteiger partial charge in [-0.25, -0.2) is 4.79 Å². The van der Waals surface area contributed by atoms with Gasteiger partial charge >= 0.3 is 12.0 Å². The normalized spacial score (nSPS) is 22.5. The van der Waals surface area contributed by atoms with E-state index in [-0.39, 0.29) is 25.3 Å². The number of urea groups is 1. The maximum Gasteiger partial charge on any atom is 0.317 e. The van der Waals surface area contributed by atoms with E-state index in [4.69, 9.17) is 9.84 Å². The molecular formula is C13H24N2O4. The summed E-state index contributed by atoms with van der Waals surface area (Å²) in [5.74, 6) is -0.928. The van der Waals surface area contributed by atoms with Gasteiger partial charge in [0.2, 0.25) is 0 Å². The fraction of sp³-hybridized carbons (Fsp3) is 0.846. The molecule has 0 spiro atoms. The van der Waals surface area contributed by atoms with E-state index in [2.05, 4.69) is 19.2 Å². The van der Waals surface area contributed by atoms with Gasteiger partial charge in [0, 0.05) is 13.6 Å². The van der Waals surface area contributed by atoms with Gasteiger partial charge in [0.15, 0.2) is 0 Å². The number of rotatable bonds is 6. The number of nitrogens with one attached hydrogen (secondary N) is 1. The van der Waals surface area contributed by atoms with Crippen LogP contribution in [0.4, 0.5) is 4.79 Å². The Kier molecular flexibility index (Phi) is 6.08. The first-order valence-corrected chi connectivity index (χ1v) is 6.74. The summed E-state index contributed by atoms with van der Waals surface area (Å²) in [7, 11) is 1.62. The lowest BCUT2D eigenvalue weighted by atomic mass is 10.0. The van der Waals surface area contributed by atoms with E-state index >= 15 is 0 Å². The number of likely N-dealkylation sites (N-methyl/N-ethyl adjacent to an activating group) is 1. The second-order valence-corrected chi connectivity index (χ2v) is 5.43. The van der Waals surface area contributed by atoms with E-state index < -0.39 is 11.9 Å². The lowest BCUT2D eigenvalue weighted by Gasteiger charge is -2.26. The summed E-state index contributed by atoms with van der Waals surface area (Å²) in [6, 6.07) is -0.617. The molecule has 0 bridgehead atoms. The average Bonchev–Trinajstić information content (AvgIpc) is 2.82. The van der Waals surface area contributed by atoms with Crippen molar-refractivity contribution >= 4 is 12.0 Å². The molecule has 0 aromatic rings. The van der Waals surface area contributed by atoms with Crippen LogP contribution >= 0.6 is 0 Å². The molecule has 1 rings (SSSR count). The highest BCUT2D eigenvalue weighted by molar-refractivity contribution is 5.77. The molecule has 2 N–H and O–H groups in total. The van der Waals surface area contributed by atoms with Crippen molar-refractivity contribution in [2.75, 3.05) is 26.8 Å². The van der Waals surface area contributed by atoms with Crippen molar-refractivity contribution in [3.8, 4) is 0 Å². The molecule has 0 radical (unpaired) electrons. The maximum atomic E-state index is 11.9. The largest absolute Gasteiger partial charge is 0.481 e. The number of carbonyl (C=O) groups is 2. The predicted molar refractivity (Wildman–Crippen MR) is 71.0 cm³/mol. The van der Waals surface area contributed by atoms with Gasteiger partial charge in [-0.3, -0.25) is 4.79 Å². The van der Waals surface area contributed by atoms with E-state index in [0.717, 1.165) is 12.8 Å². The van der Waals surface area contributed by atoms with Crippen molar-refractivity contribution in [1.82, 2.24) is 10.2 Å². The van der Waals surface area contributed by atoms with Crippen LogP contribution < -0.4 is 5.32 Å². The number of ether oxygens (including phenoxy) is 1. The summed E-state index contributed by atoms with van der Waals surface area (Å²) in [4.78, 5) is 24.4. The number of hydrogen-bond acceptors (Lipinski definition) is 3. The van der Waals surface area contributed by atoms with Crippen LogP contribution in [0.1, 0.15) is 26.7 Å². The van der Waals surface area contributed by atoms with Gasteiger partial charge in [-0.2, -0.15) is 0 Å². The topological polar surface area (TPSA) is 78.9 Å². The molecule has 2 unspecified atom stereocenters. The van der Waals surface area contributed by atoms with Crippen LogP contribution in [-0.4, -0.2) is 54.9 Å². The Morgan fingerprint density at radius 2 is 2.11 bits per heavy atom. The minimum absolute atomic E-state index is 0.172. The van der Waals surface area contributed by atoms with E-state index in [1.54, 1.807) is 7.05 Å². The molecule has 6 heteroatoms. The molecule has 0 aromatic carbocycles. The molecule has 1 aliphatic rings.